The number of aliphatic hydroxyl groups excluding tert-OH is 1. The van der Waals surface area contributed by atoms with Gasteiger partial charge in [0.2, 0.25) is 0 Å². The fourth-order valence-corrected chi connectivity index (χ4v) is 11.9. The van der Waals surface area contributed by atoms with Crippen molar-refractivity contribution >= 4 is 110 Å². The van der Waals surface area contributed by atoms with Gasteiger partial charge >= 0.3 is 0 Å². The van der Waals surface area contributed by atoms with Gasteiger partial charge in [-0.15, -0.1) is 35.3 Å². The molecule has 29 heavy (non-hydrogen) atoms. The first-order valence-electron chi connectivity index (χ1n) is 9.36. The summed E-state index contributed by atoms with van der Waals surface area (Å²) in [4.78, 5) is 11.8. The molecule has 0 saturated heterocycles. The Balaban J connectivity index is 3.22. The number of hydrogen-bond donors (Lipinski definition) is 1. The predicted molar refractivity (Wildman–Crippen MR) is 154 cm³/mol. The molecule has 1 N–H and O–H groups in total. The van der Waals surface area contributed by atoms with Gasteiger partial charge in [-0.25, -0.2) is 0 Å². The first kappa shape index (κ1) is 31.6. The Labute approximate surface area is 214 Å². The van der Waals surface area contributed by atoms with E-state index in [1.165, 1.54) is 22.6 Å². The van der Waals surface area contributed by atoms with Crippen molar-refractivity contribution in [1.29, 1.82) is 0 Å². The number of carbonyl (C=O) groups excluding carboxylic acids is 1. The first-order valence-corrected chi connectivity index (χ1v) is 19.9. The Kier molecular flexibility index (Phi) is 29.2. The summed E-state index contributed by atoms with van der Waals surface area (Å²) in [6, 6.07) is 0. The van der Waals surface area contributed by atoms with Crippen molar-refractivity contribution in [3.63, 3.8) is 0 Å². The van der Waals surface area contributed by atoms with Gasteiger partial charge in [-0.1, -0.05) is 18.7 Å². The molecule has 0 aromatic heterocycles. The molecule has 0 aromatic carbocycles. The molecular formula is C17H34O3S9. The van der Waals surface area contributed by atoms with E-state index in [0.717, 1.165) is 50.4 Å². The Hall–Kier alpha value is 2.58. The van der Waals surface area contributed by atoms with Crippen LogP contribution in [0.2, 0.25) is 0 Å². The fourth-order valence-electron chi connectivity index (χ4n) is 1.60. The van der Waals surface area contributed by atoms with Crippen molar-refractivity contribution in [3.8, 4) is 0 Å². The summed E-state index contributed by atoms with van der Waals surface area (Å²) >= 11 is 14.6. The van der Waals surface area contributed by atoms with Gasteiger partial charge in [-0.05, 0) is 17.9 Å². The third-order valence-corrected chi connectivity index (χ3v) is 14.4. The van der Waals surface area contributed by atoms with E-state index < -0.39 is 10.8 Å². The lowest BCUT2D eigenvalue weighted by Gasteiger charge is -2.04. The Morgan fingerprint density at radius 1 is 0.793 bits per heavy atom. The minimum absolute atomic E-state index is 0.164. The van der Waals surface area contributed by atoms with Gasteiger partial charge in [0.15, 0.2) is 5.12 Å². The molecule has 0 amide bonds. The molecule has 3 nitrogen and oxygen atoms in total. The molecule has 1 atom stereocenters. The van der Waals surface area contributed by atoms with Gasteiger partial charge in [0.25, 0.3) is 0 Å². The van der Waals surface area contributed by atoms with E-state index in [0.29, 0.717) is 22.4 Å². The molecule has 0 aliphatic rings. The third kappa shape index (κ3) is 26.7. The highest BCUT2D eigenvalue weighted by atomic mass is 32.2. The molecule has 0 heterocycles. The maximum atomic E-state index is 11.8. The summed E-state index contributed by atoms with van der Waals surface area (Å²) in [5, 5.41) is 14.1. The summed E-state index contributed by atoms with van der Waals surface area (Å²) in [7, 11) is -0.753. The zero-order valence-electron chi connectivity index (χ0n) is 17.0. The van der Waals surface area contributed by atoms with Gasteiger partial charge in [-0.2, -0.15) is 47.0 Å². The number of carbonyl (C=O) groups is 1. The highest BCUT2D eigenvalue weighted by molar-refractivity contribution is 8.23. The fraction of sp³-hybridized carbons (Fsp3) is 0.941. The van der Waals surface area contributed by atoms with E-state index in [-0.39, 0.29) is 6.61 Å². The van der Waals surface area contributed by atoms with Crippen molar-refractivity contribution in [1.82, 2.24) is 0 Å². The molecule has 0 aliphatic heterocycles. The van der Waals surface area contributed by atoms with Crippen molar-refractivity contribution in [2.24, 2.45) is 0 Å². The highest BCUT2D eigenvalue weighted by Crippen LogP contribution is 2.21. The van der Waals surface area contributed by atoms with E-state index in [4.69, 9.17) is 5.11 Å². The number of hydrogen-bond acceptors (Lipinski definition) is 11. The molecule has 0 radical (unpaired) electrons. The van der Waals surface area contributed by atoms with Crippen molar-refractivity contribution in [3.05, 3.63) is 0 Å². The van der Waals surface area contributed by atoms with Crippen LogP contribution in [-0.4, -0.2) is 86.7 Å². The van der Waals surface area contributed by atoms with Crippen molar-refractivity contribution in [2.75, 3.05) is 72.3 Å². The standard InChI is InChI=1S/C17H34O3S9/c1-2-21-12-26-15-24-9-10-28-17(19)4-7-23-14-27-13-22-6-3-11-29(20)16-25-8-5-18/h18H,2-16H2,1H3. The van der Waals surface area contributed by atoms with Crippen LogP contribution in [-0.2, 0) is 15.6 Å². The van der Waals surface area contributed by atoms with Crippen LogP contribution in [0.1, 0.15) is 19.8 Å². The number of rotatable bonds is 23. The van der Waals surface area contributed by atoms with Gasteiger partial charge in [0.05, 0.1) is 11.7 Å². The maximum absolute atomic E-state index is 11.8. The van der Waals surface area contributed by atoms with E-state index in [9.17, 15) is 9.00 Å². The summed E-state index contributed by atoms with van der Waals surface area (Å²) in [6.45, 7) is 2.35. The summed E-state index contributed by atoms with van der Waals surface area (Å²) in [6.07, 6.45) is 1.67. The normalized spacial score (nSPS) is 12.3. The average molecular weight is 575 g/mol. The Morgan fingerprint density at radius 3 is 2.14 bits per heavy atom. The van der Waals surface area contributed by atoms with Gasteiger partial charge in [0, 0.05) is 66.3 Å². The van der Waals surface area contributed by atoms with Crippen LogP contribution in [0.3, 0.4) is 0 Å². The zero-order chi connectivity index (χ0) is 21.4. The Morgan fingerprint density at radius 2 is 1.45 bits per heavy atom. The molecular weight excluding hydrogens is 541 g/mol. The third-order valence-electron chi connectivity index (χ3n) is 2.92. The minimum atomic E-state index is -0.753. The Bertz CT molecular complexity index is 389. The van der Waals surface area contributed by atoms with Crippen LogP contribution in [0.5, 0.6) is 0 Å². The number of aliphatic hydroxyl groups is 1. The monoisotopic (exact) mass is 574 g/mol. The maximum Gasteiger partial charge on any atom is 0.189 e. The van der Waals surface area contributed by atoms with Crippen LogP contribution in [0.15, 0.2) is 0 Å². The second kappa shape index (κ2) is 26.8. The SMILES string of the molecule is CCSCSCSCCSC(=O)CCSCSCSCCCS(=O)CSCCO. The minimum Gasteiger partial charge on any atom is -0.396 e. The predicted octanol–water partition coefficient (Wildman–Crippen LogP) is 5.71. The van der Waals surface area contributed by atoms with E-state index >= 15 is 0 Å². The van der Waals surface area contributed by atoms with Crippen LogP contribution >= 0.6 is 94.1 Å². The zero-order valence-corrected chi connectivity index (χ0v) is 24.4. The highest BCUT2D eigenvalue weighted by Gasteiger charge is 2.03. The van der Waals surface area contributed by atoms with E-state index in [2.05, 4.69) is 6.92 Å². The van der Waals surface area contributed by atoms with Crippen LogP contribution in [0, 0.1) is 0 Å². The van der Waals surface area contributed by atoms with E-state index in [1.54, 1.807) is 11.8 Å². The quantitative estimate of drug-likeness (QED) is 0.121. The lowest BCUT2D eigenvalue weighted by Crippen LogP contribution is -2.02. The van der Waals surface area contributed by atoms with Gasteiger partial charge in [-0.3, -0.25) is 9.00 Å². The van der Waals surface area contributed by atoms with Gasteiger partial charge < -0.3 is 5.11 Å². The first-order chi connectivity index (χ1) is 14.2. The van der Waals surface area contributed by atoms with Crippen molar-refractivity contribution in [2.45, 2.75) is 19.8 Å². The topological polar surface area (TPSA) is 54.4 Å². The molecule has 1 unspecified atom stereocenters. The largest absolute Gasteiger partial charge is 0.396 e. The molecule has 0 fully saturated rings. The number of thioether (sulfide) groups is 8. The molecule has 0 rings (SSSR count). The molecule has 0 spiro atoms. The lowest BCUT2D eigenvalue weighted by atomic mass is 10.5. The lowest BCUT2D eigenvalue weighted by molar-refractivity contribution is -0.110. The average Bonchev–Trinajstić information content (AvgIpc) is 2.71. The van der Waals surface area contributed by atoms with Gasteiger partial charge in [0.1, 0.15) is 0 Å². The summed E-state index contributed by atoms with van der Waals surface area (Å²) in [5.74, 6) is 6.60. The molecule has 174 valence electrons. The molecule has 0 aliphatic carbocycles. The molecule has 0 aromatic rings. The smallest absolute Gasteiger partial charge is 0.189 e. The summed E-state index contributed by atoms with van der Waals surface area (Å²) < 4.78 is 11.7. The van der Waals surface area contributed by atoms with Crippen LogP contribution in [0.4, 0.5) is 0 Å². The molecule has 12 heteroatoms. The van der Waals surface area contributed by atoms with Crippen LogP contribution in [0.25, 0.3) is 0 Å². The van der Waals surface area contributed by atoms with Crippen molar-refractivity contribution < 1.29 is 14.1 Å². The van der Waals surface area contributed by atoms with E-state index in [1.807, 2.05) is 70.6 Å². The molecule has 0 saturated carbocycles. The molecule has 0 bridgehead atoms. The van der Waals surface area contributed by atoms with Crippen LogP contribution < -0.4 is 0 Å². The summed E-state index contributed by atoms with van der Waals surface area (Å²) in [5.41, 5.74) is 0. The second-order valence-electron chi connectivity index (χ2n) is 5.31. The second-order valence-corrected chi connectivity index (χ2v) is 17.5.